The molecule has 92 valence electrons. The zero-order valence-corrected chi connectivity index (χ0v) is 9.19. The van der Waals surface area contributed by atoms with Crippen molar-refractivity contribution in [2.24, 2.45) is 0 Å². The van der Waals surface area contributed by atoms with Gasteiger partial charge in [-0.2, -0.15) is 0 Å². The number of carbonyl (C=O) groups excluding carboxylic acids is 1. The lowest BCUT2D eigenvalue weighted by Gasteiger charge is -2.06. The van der Waals surface area contributed by atoms with Gasteiger partial charge in [-0.05, 0) is 42.5 Å². The van der Waals surface area contributed by atoms with Gasteiger partial charge < -0.3 is 4.74 Å². The largest absolute Gasteiger partial charge is 0.417 e. The number of nitrogens with one attached hydrogen (secondary N) is 1. The first-order valence-electron chi connectivity index (χ1n) is 5.13. The highest BCUT2D eigenvalue weighted by molar-refractivity contribution is 5.86. The topological polar surface area (TPSA) is 38.3 Å². The summed E-state index contributed by atoms with van der Waals surface area (Å²) in [5.41, 5.74) is 0.280. The zero-order chi connectivity index (χ0) is 13.0. The maximum Gasteiger partial charge on any atom is 0.417 e. The van der Waals surface area contributed by atoms with Crippen molar-refractivity contribution < 1.29 is 18.3 Å². The SMILES string of the molecule is O=C(Nc1cccc(F)c1)Oc1ccc(F)cc1. The molecule has 0 atom stereocenters. The van der Waals surface area contributed by atoms with E-state index in [1.807, 2.05) is 0 Å². The number of hydrogen-bond donors (Lipinski definition) is 1. The number of ether oxygens (including phenoxy) is 1. The molecule has 0 aliphatic heterocycles. The highest BCUT2D eigenvalue weighted by atomic mass is 19.1. The first-order valence-corrected chi connectivity index (χ1v) is 5.13. The van der Waals surface area contributed by atoms with Gasteiger partial charge in [0.1, 0.15) is 17.4 Å². The molecule has 0 aliphatic rings. The second-order valence-electron chi connectivity index (χ2n) is 3.48. The molecule has 18 heavy (non-hydrogen) atoms. The number of anilines is 1. The highest BCUT2D eigenvalue weighted by Gasteiger charge is 2.05. The average Bonchev–Trinajstić information content (AvgIpc) is 2.32. The summed E-state index contributed by atoms with van der Waals surface area (Å²) in [7, 11) is 0. The number of benzene rings is 2. The van der Waals surface area contributed by atoms with Gasteiger partial charge in [-0.25, -0.2) is 13.6 Å². The lowest BCUT2D eigenvalue weighted by molar-refractivity contribution is 0.215. The summed E-state index contributed by atoms with van der Waals surface area (Å²) >= 11 is 0. The molecular formula is C13H9F2NO2. The van der Waals surface area contributed by atoms with E-state index in [9.17, 15) is 13.6 Å². The summed E-state index contributed by atoms with van der Waals surface area (Å²) in [4.78, 5) is 11.4. The van der Waals surface area contributed by atoms with Gasteiger partial charge in [0.25, 0.3) is 0 Å². The van der Waals surface area contributed by atoms with Crippen molar-refractivity contribution in [3.8, 4) is 5.75 Å². The van der Waals surface area contributed by atoms with Gasteiger partial charge in [0.15, 0.2) is 0 Å². The third kappa shape index (κ3) is 3.28. The van der Waals surface area contributed by atoms with Crippen LogP contribution in [-0.2, 0) is 0 Å². The third-order valence-electron chi connectivity index (χ3n) is 2.10. The Balaban J connectivity index is 1.98. The molecule has 0 saturated heterocycles. The lowest BCUT2D eigenvalue weighted by atomic mass is 10.3. The smallest absolute Gasteiger partial charge is 0.410 e. The molecule has 0 fully saturated rings. The molecule has 0 aromatic heterocycles. The number of hydrogen-bond acceptors (Lipinski definition) is 2. The molecule has 0 heterocycles. The average molecular weight is 249 g/mol. The third-order valence-corrected chi connectivity index (χ3v) is 2.10. The first-order chi connectivity index (χ1) is 8.63. The van der Waals surface area contributed by atoms with E-state index >= 15 is 0 Å². The fraction of sp³-hybridized carbons (Fsp3) is 0. The van der Waals surface area contributed by atoms with Crippen LogP contribution in [0, 0.1) is 11.6 Å². The lowest BCUT2D eigenvalue weighted by Crippen LogP contribution is -2.16. The van der Waals surface area contributed by atoms with Crippen molar-refractivity contribution in [3.05, 3.63) is 60.2 Å². The Morgan fingerprint density at radius 2 is 1.72 bits per heavy atom. The van der Waals surface area contributed by atoms with Crippen LogP contribution in [0.15, 0.2) is 48.5 Å². The highest BCUT2D eigenvalue weighted by Crippen LogP contribution is 2.13. The molecular weight excluding hydrogens is 240 g/mol. The Kier molecular flexibility index (Phi) is 3.52. The fourth-order valence-electron chi connectivity index (χ4n) is 1.32. The minimum atomic E-state index is -0.771. The molecule has 2 aromatic rings. The van der Waals surface area contributed by atoms with E-state index in [-0.39, 0.29) is 11.4 Å². The molecule has 3 nitrogen and oxygen atoms in total. The Hall–Kier alpha value is -2.43. The molecule has 0 unspecified atom stereocenters. The van der Waals surface area contributed by atoms with Crippen LogP contribution in [0.3, 0.4) is 0 Å². The molecule has 2 aromatic carbocycles. The van der Waals surface area contributed by atoms with Crippen LogP contribution in [-0.4, -0.2) is 6.09 Å². The van der Waals surface area contributed by atoms with Crippen LogP contribution in [0.4, 0.5) is 19.3 Å². The number of carbonyl (C=O) groups is 1. The summed E-state index contributed by atoms with van der Waals surface area (Å²) in [6, 6.07) is 10.4. The monoisotopic (exact) mass is 249 g/mol. The van der Waals surface area contributed by atoms with Crippen LogP contribution < -0.4 is 10.1 Å². The summed E-state index contributed by atoms with van der Waals surface area (Å²) in [6.07, 6.45) is -0.771. The number of rotatable bonds is 2. The first kappa shape index (κ1) is 12.0. The van der Waals surface area contributed by atoms with E-state index in [4.69, 9.17) is 4.74 Å². The van der Waals surface area contributed by atoms with Gasteiger partial charge >= 0.3 is 6.09 Å². The quantitative estimate of drug-likeness (QED) is 0.883. The Morgan fingerprint density at radius 1 is 1.00 bits per heavy atom. The van der Waals surface area contributed by atoms with E-state index < -0.39 is 17.7 Å². The second kappa shape index (κ2) is 5.27. The van der Waals surface area contributed by atoms with Gasteiger partial charge in [-0.3, -0.25) is 5.32 Å². The molecule has 2 rings (SSSR count). The van der Waals surface area contributed by atoms with E-state index in [0.29, 0.717) is 0 Å². The summed E-state index contributed by atoms with van der Waals surface area (Å²) in [6.45, 7) is 0. The molecule has 0 saturated carbocycles. The molecule has 1 amide bonds. The van der Waals surface area contributed by atoms with Gasteiger partial charge in [0.2, 0.25) is 0 Å². The predicted molar refractivity (Wildman–Crippen MR) is 62.4 cm³/mol. The standard InChI is InChI=1S/C13H9F2NO2/c14-9-4-6-12(7-5-9)18-13(17)16-11-3-1-2-10(15)8-11/h1-8H,(H,16,17). The van der Waals surface area contributed by atoms with E-state index in [1.165, 1.54) is 42.5 Å². The molecule has 0 radical (unpaired) electrons. The van der Waals surface area contributed by atoms with Gasteiger partial charge in [-0.1, -0.05) is 6.07 Å². The molecule has 0 aliphatic carbocycles. The predicted octanol–water partition coefficient (Wildman–Crippen LogP) is 3.58. The molecule has 0 spiro atoms. The molecule has 0 bridgehead atoms. The Bertz CT molecular complexity index is 555. The summed E-state index contributed by atoms with van der Waals surface area (Å²) in [5.74, 6) is -0.687. The minimum absolute atomic E-state index is 0.199. The van der Waals surface area contributed by atoms with Crippen LogP contribution >= 0.6 is 0 Å². The number of halogens is 2. The van der Waals surface area contributed by atoms with Crippen molar-refractivity contribution >= 4 is 11.8 Å². The van der Waals surface area contributed by atoms with Crippen LogP contribution in [0.2, 0.25) is 0 Å². The fourth-order valence-corrected chi connectivity index (χ4v) is 1.32. The van der Waals surface area contributed by atoms with E-state index in [0.717, 1.165) is 6.07 Å². The van der Waals surface area contributed by atoms with Crippen molar-refractivity contribution in [3.63, 3.8) is 0 Å². The minimum Gasteiger partial charge on any atom is -0.410 e. The van der Waals surface area contributed by atoms with Crippen LogP contribution in [0.5, 0.6) is 5.75 Å². The van der Waals surface area contributed by atoms with Gasteiger partial charge in [0.05, 0.1) is 0 Å². The summed E-state index contributed by atoms with van der Waals surface area (Å²) in [5, 5.41) is 2.35. The number of amides is 1. The van der Waals surface area contributed by atoms with Crippen molar-refractivity contribution in [2.45, 2.75) is 0 Å². The normalized spacial score (nSPS) is 9.89. The maximum absolute atomic E-state index is 12.9. The van der Waals surface area contributed by atoms with Crippen molar-refractivity contribution in [1.82, 2.24) is 0 Å². The molecule has 1 N–H and O–H groups in total. The Morgan fingerprint density at radius 3 is 2.39 bits per heavy atom. The van der Waals surface area contributed by atoms with Gasteiger partial charge in [-0.15, -0.1) is 0 Å². The van der Waals surface area contributed by atoms with Crippen molar-refractivity contribution in [2.75, 3.05) is 5.32 Å². The van der Waals surface area contributed by atoms with Gasteiger partial charge in [0, 0.05) is 5.69 Å². The maximum atomic E-state index is 12.9. The van der Waals surface area contributed by atoms with E-state index in [2.05, 4.69) is 5.32 Å². The van der Waals surface area contributed by atoms with Crippen LogP contribution in [0.25, 0.3) is 0 Å². The second-order valence-corrected chi connectivity index (χ2v) is 3.48. The zero-order valence-electron chi connectivity index (χ0n) is 9.19. The molecule has 5 heteroatoms. The Labute approximate surface area is 102 Å². The van der Waals surface area contributed by atoms with Crippen molar-refractivity contribution in [1.29, 1.82) is 0 Å². The van der Waals surface area contributed by atoms with E-state index in [1.54, 1.807) is 0 Å². The summed E-state index contributed by atoms with van der Waals surface area (Å²) < 4.78 is 30.3. The van der Waals surface area contributed by atoms with Crippen LogP contribution in [0.1, 0.15) is 0 Å².